The van der Waals surface area contributed by atoms with Crippen LogP contribution >= 0.6 is 23.2 Å². The van der Waals surface area contributed by atoms with Gasteiger partial charge >= 0.3 is 47.8 Å². The lowest BCUT2D eigenvalue weighted by Crippen LogP contribution is -2.50. The highest BCUT2D eigenvalue weighted by Gasteiger charge is 2.43. The molecule has 0 aromatic heterocycles. The Kier molecular flexibility index (Phi) is 22.1. The second-order valence-electron chi connectivity index (χ2n) is 23.0. The van der Waals surface area contributed by atoms with Crippen LogP contribution in [0.3, 0.4) is 0 Å². The third-order valence-corrected chi connectivity index (χ3v) is 15.1. The molecule has 2 unspecified atom stereocenters. The zero-order valence-corrected chi connectivity index (χ0v) is 52.6. The van der Waals surface area contributed by atoms with Gasteiger partial charge in [0, 0.05) is 75.8 Å². The van der Waals surface area contributed by atoms with Crippen molar-refractivity contribution in [2.24, 2.45) is 11.8 Å². The van der Waals surface area contributed by atoms with E-state index in [1.54, 1.807) is 24.3 Å². The molecule has 4 amide bonds. The number of fused-ring (bicyclic) bond motifs is 2. The minimum absolute atomic E-state index is 0.0599. The fourth-order valence-electron chi connectivity index (χ4n) is 10.5. The molecule has 5 aromatic carbocycles. The predicted octanol–water partition coefficient (Wildman–Crippen LogP) is 10.0. The van der Waals surface area contributed by atoms with Gasteiger partial charge in [-0.3, -0.25) is 48.2 Å². The molecule has 2 aliphatic heterocycles. The van der Waals surface area contributed by atoms with Crippen molar-refractivity contribution in [2.75, 3.05) is 39.6 Å². The summed E-state index contributed by atoms with van der Waals surface area (Å²) in [5, 5.41) is 3.22. The predicted molar refractivity (Wildman–Crippen MR) is 328 cm³/mol. The van der Waals surface area contributed by atoms with Gasteiger partial charge in [-0.1, -0.05) is 89.3 Å². The quantitative estimate of drug-likeness (QED) is 0.0103. The second-order valence-corrected chi connectivity index (χ2v) is 23.8. The van der Waals surface area contributed by atoms with E-state index in [2.05, 4.69) is 26.3 Å². The maximum Gasteiger partial charge on any atom is 0.333 e. The molecule has 0 saturated carbocycles. The molecule has 0 N–H and O–H groups in total. The Bertz CT molecular complexity index is 3570. The van der Waals surface area contributed by atoms with E-state index in [0.29, 0.717) is 32.3 Å². The van der Waals surface area contributed by atoms with Gasteiger partial charge in [-0.2, -0.15) is 0 Å². The van der Waals surface area contributed by atoms with Gasteiger partial charge in [-0.05, 0) is 87.4 Å². The van der Waals surface area contributed by atoms with E-state index < -0.39 is 161 Å². The summed E-state index contributed by atoms with van der Waals surface area (Å²) in [5.74, 6) is -9.81. The summed E-state index contributed by atoms with van der Waals surface area (Å²) < 4.78 is 42.3. The maximum absolute atomic E-state index is 14.9. The molecule has 2 aliphatic rings. The number of hydrogen-bond acceptors (Lipinski definition) is 20. The van der Waals surface area contributed by atoms with Gasteiger partial charge in [-0.25, -0.2) is 19.2 Å². The molecule has 22 nitrogen and oxygen atoms in total. The largest absolute Gasteiger partial charge is 0.463 e. The number of hydrogen-bond donors (Lipinski definition) is 0. The van der Waals surface area contributed by atoms with Crippen LogP contribution in [0.25, 0.3) is 43.1 Å². The van der Waals surface area contributed by atoms with E-state index in [0.717, 1.165) is 9.80 Å². The van der Waals surface area contributed by atoms with Gasteiger partial charge in [0.25, 0.3) is 23.6 Å². The van der Waals surface area contributed by atoms with Crippen LogP contribution in [0.5, 0.6) is 0 Å². The summed E-state index contributed by atoms with van der Waals surface area (Å²) in [5.41, 5.74) is 0.651. The number of ether oxygens (including phenoxy) is 8. The van der Waals surface area contributed by atoms with Gasteiger partial charge in [-0.15, -0.1) is 0 Å². The molecule has 5 aromatic rings. The van der Waals surface area contributed by atoms with Crippen LogP contribution in [0.2, 0.25) is 10.0 Å². The van der Waals surface area contributed by atoms with E-state index in [-0.39, 0.29) is 90.0 Å². The molecule has 0 saturated heterocycles. The molecule has 0 radical (unpaired) electrons. The van der Waals surface area contributed by atoms with Gasteiger partial charge < -0.3 is 37.9 Å². The molecule has 476 valence electrons. The van der Waals surface area contributed by atoms with Gasteiger partial charge in [0.2, 0.25) is 0 Å². The highest BCUT2D eigenvalue weighted by molar-refractivity contribution is 6.50. The standard InChI is InChI=1S/C66H68Cl2N2O20/c1-31(2)21-37(25-83-49(71)17-19-51(73)89-39(27-85-63(79)33(5)6)28-86-64(80)34(7)8)69-59(75)43-15-13-41-56-48(68)24-46-54-44(16-14-42(58(54)56)55-47(67)23-45(61(69)77)53(43)57(41)55)60(76)70(62(46)78)38(22-32(3)4)26-84-50(72)18-20-52(74)90-40(29-87-65(81)35(9)10)30-88-66(82)36(11)12/h13-16,23-24,31-32,37-40H,5,7,9,11,17-22,25-30H2,1-4,6,8,10,12H3. The number of amides is 4. The van der Waals surface area contributed by atoms with Crippen LogP contribution in [0.1, 0.15) is 135 Å². The molecule has 24 heteroatoms. The van der Waals surface area contributed by atoms with Crippen molar-refractivity contribution in [2.45, 2.75) is 118 Å². The van der Waals surface area contributed by atoms with Gasteiger partial charge in [0.05, 0.1) is 48.9 Å². The van der Waals surface area contributed by atoms with Crippen molar-refractivity contribution in [3.63, 3.8) is 0 Å². The van der Waals surface area contributed by atoms with E-state index >= 15 is 0 Å². The lowest BCUT2D eigenvalue weighted by molar-refractivity contribution is -0.165. The van der Waals surface area contributed by atoms with Crippen molar-refractivity contribution in [1.29, 1.82) is 0 Å². The lowest BCUT2D eigenvalue weighted by Gasteiger charge is -2.36. The fraction of sp³-hybridized carbons (Fsp3) is 0.394. The van der Waals surface area contributed by atoms with Crippen LogP contribution < -0.4 is 0 Å². The van der Waals surface area contributed by atoms with Gasteiger partial charge in [0.15, 0.2) is 12.2 Å². The number of esters is 8. The Morgan fingerprint density at radius 2 is 0.689 bits per heavy atom. The first-order chi connectivity index (χ1) is 42.4. The summed E-state index contributed by atoms with van der Waals surface area (Å²) >= 11 is 14.5. The van der Waals surface area contributed by atoms with Gasteiger partial charge in [0.1, 0.15) is 39.6 Å². The number of carbonyl (C=O) groups is 12. The molecule has 0 spiro atoms. The first-order valence-corrected chi connectivity index (χ1v) is 29.5. The third kappa shape index (κ3) is 15.3. The van der Waals surface area contributed by atoms with Crippen LogP contribution in [0, 0.1) is 11.8 Å². The summed E-state index contributed by atoms with van der Waals surface area (Å²) in [6, 6.07) is 7.25. The Hall–Kier alpha value is -9.02. The van der Waals surface area contributed by atoms with Crippen molar-refractivity contribution >= 4 is 138 Å². The molecule has 0 aliphatic carbocycles. The number of nitrogens with zero attached hydrogens (tertiary/aromatic N) is 2. The minimum atomic E-state index is -1.24. The lowest BCUT2D eigenvalue weighted by atomic mass is 9.81. The Labute approximate surface area is 527 Å². The van der Waals surface area contributed by atoms with Crippen molar-refractivity contribution < 1.29 is 95.4 Å². The molecule has 7 rings (SSSR count). The van der Waals surface area contributed by atoms with E-state index in [1.807, 2.05) is 27.7 Å². The Morgan fingerprint density at radius 1 is 0.400 bits per heavy atom. The summed E-state index contributed by atoms with van der Waals surface area (Å²) in [4.78, 5) is 162. The smallest absolute Gasteiger partial charge is 0.333 e. The summed E-state index contributed by atoms with van der Waals surface area (Å²) in [7, 11) is 0. The number of carbonyl (C=O) groups excluding carboxylic acids is 12. The van der Waals surface area contributed by atoms with Crippen LogP contribution in [0.4, 0.5) is 0 Å². The number of rotatable bonds is 30. The highest BCUT2D eigenvalue weighted by atomic mass is 35.5. The molecule has 0 fully saturated rings. The fourth-order valence-corrected chi connectivity index (χ4v) is 11.1. The zero-order chi connectivity index (χ0) is 66.3. The normalized spacial score (nSPS) is 13.5. The van der Waals surface area contributed by atoms with E-state index in [1.165, 1.54) is 39.8 Å². The average Bonchev–Trinajstić information content (AvgIpc) is 0.686. The number of benzene rings is 5. The molecule has 2 heterocycles. The maximum atomic E-state index is 14.9. The molecular weight excluding hydrogens is 1210 g/mol. The Balaban J connectivity index is 1.10. The highest BCUT2D eigenvalue weighted by Crippen LogP contribution is 2.51. The SMILES string of the molecule is C=C(C)C(=O)OCC(COC(=O)C(=C)C)OC(=O)CCC(=O)OCC(CC(C)C)N1C(=O)c2ccc3c4c(Cl)cc5c6c(ccc(c7c(Cl)cc(c2c37)C1=O)c64)C(=O)N(C(COC(=O)CCC(=O)OC(COC(=O)C(=C)C)COC(=O)C(=C)C)CC(C)C)C5=O. The van der Waals surface area contributed by atoms with E-state index in [4.69, 9.17) is 61.1 Å². The summed E-state index contributed by atoms with van der Waals surface area (Å²) in [6.45, 7) is 24.2. The van der Waals surface area contributed by atoms with Crippen molar-refractivity contribution in [1.82, 2.24) is 9.80 Å². The van der Waals surface area contributed by atoms with Crippen LogP contribution in [-0.4, -0.2) is 145 Å². The van der Waals surface area contributed by atoms with E-state index in [9.17, 15) is 57.5 Å². The number of halogens is 2. The monoisotopic (exact) mass is 1280 g/mol. The molecule has 90 heavy (non-hydrogen) atoms. The average molecular weight is 1280 g/mol. The molecule has 0 bridgehead atoms. The van der Waals surface area contributed by atoms with Crippen molar-refractivity contribution in [3.8, 4) is 0 Å². The first-order valence-electron chi connectivity index (χ1n) is 28.8. The second kappa shape index (κ2) is 29.1. The third-order valence-electron chi connectivity index (χ3n) is 14.6. The summed E-state index contributed by atoms with van der Waals surface area (Å²) in [6.07, 6.45) is -4.10. The Morgan fingerprint density at radius 3 is 0.978 bits per heavy atom. The zero-order valence-electron chi connectivity index (χ0n) is 51.1. The van der Waals surface area contributed by atoms with Crippen LogP contribution in [0.15, 0.2) is 85.0 Å². The first kappa shape index (κ1) is 68.5. The number of imide groups is 2. The minimum Gasteiger partial charge on any atom is -0.463 e. The molecular formula is C66H68Cl2N2O20. The topological polar surface area (TPSA) is 285 Å². The molecule has 2 atom stereocenters. The van der Waals surface area contributed by atoms with Crippen molar-refractivity contribution in [3.05, 3.63) is 117 Å². The van der Waals surface area contributed by atoms with Crippen LogP contribution in [-0.2, 0) is 76.3 Å².